The average molecular weight is 573 g/mol. The van der Waals surface area contributed by atoms with Crippen molar-refractivity contribution in [1.82, 2.24) is 19.7 Å². The number of ether oxygens (including phenoxy) is 2. The molecule has 0 radical (unpaired) electrons. The van der Waals surface area contributed by atoms with E-state index < -0.39 is 34.7 Å². The van der Waals surface area contributed by atoms with Crippen molar-refractivity contribution >= 4 is 27.8 Å². The highest BCUT2D eigenvalue weighted by Gasteiger charge is 2.30. The number of aliphatic carboxylic acids is 1. The first-order chi connectivity index (χ1) is 17.6. The number of piperidine rings is 1. The fourth-order valence-electron chi connectivity index (χ4n) is 4.23. The average Bonchev–Trinajstić information content (AvgIpc) is 2.86. The van der Waals surface area contributed by atoms with Gasteiger partial charge in [0.05, 0.1) is 23.2 Å². The number of carbonyl (C=O) groups is 2. The second-order valence-corrected chi connectivity index (χ2v) is 9.59. The fraction of sp³-hybridized carbons (Fsp3) is 0.320. The van der Waals surface area contributed by atoms with Crippen LogP contribution in [0.1, 0.15) is 34.5 Å². The van der Waals surface area contributed by atoms with Crippen LogP contribution in [-0.2, 0) is 4.79 Å². The van der Waals surface area contributed by atoms with E-state index in [1.54, 1.807) is 51.3 Å². The van der Waals surface area contributed by atoms with Crippen LogP contribution in [-0.4, -0.2) is 56.8 Å². The second-order valence-electron chi connectivity index (χ2n) is 8.73. The second kappa shape index (κ2) is 10.6. The maximum atomic E-state index is 13.0. The highest BCUT2D eigenvalue weighted by Crippen LogP contribution is 2.34. The number of carboxylic acids is 1. The van der Waals surface area contributed by atoms with Gasteiger partial charge < -0.3 is 19.5 Å². The minimum Gasteiger partial charge on any atom is -0.496 e. The van der Waals surface area contributed by atoms with Gasteiger partial charge in [-0.15, -0.1) is 0 Å². The molecule has 0 bridgehead atoms. The number of benzene rings is 2. The summed E-state index contributed by atoms with van der Waals surface area (Å²) in [5, 5.41) is 13.3. The Balaban J connectivity index is 1.63. The summed E-state index contributed by atoms with van der Waals surface area (Å²) in [6, 6.07) is 8.64. The normalized spacial score (nSPS) is 13.9. The Morgan fingerprint density at radius 1 is 1.11 bits per heavy atom. The summed E-state index contributed by atoms with van der Waals surface area (Å²) in [7, 11) is 1.57. The van der Waals surface area contributed by atoms with Crippen LogP contribution in [0.2, 0.25) is 0 Å². The van der Waals surface area contributed by atoms with E-state index in [2.05, 4.69) is 26.0 Å². The number of halogens is 1. The molecule has 0 aliphatic carbocycles. The maximum absolute atomic E-state index is 13.0. The molecule has 0 spiro atoms. The predicted molar refractivity (Wildman–Crippen MR) is 137 cm³/mol. The number of hydrogen-bond acceptors (Lipinski definition) is 7. The number of likely N-dealkylation sites (tertiary alicyclic amines) is 1. The molecule has 3 aromatic rings. The van der Waals surface area contributed by atoms with Gasteiger partial charge in [0.2, 0.25) is 5.69 Å². The maximum Gasteiger partial charge on any atom is 0.349 e. The molecule has 1 aromatic heterocycles. The van der Waals surface area contributed by atoms with Crippen LogP contribution >= 0.6 is 15.9 Å². The molecule has 1 aliphatic rings. The molecule has 2 N–H and O–H groups in total. The van der Waals surface area contributed by atoms with Crippen LogP contribution in [0.5, 0.6) is 17.2 Å². The first kappa shape index (κ1) is 26.1. The van der Waals surface area contributed by atoms with Gasteiger partial charge in [0, 0.05) is 13.1 Å². The van der Waals surface area contributed by atoms with Crippen molar-refractivity contribution in [2.45, 2.75) is 26.7 Å². The lowest BCUT2D eigenvalue weighted by atomic mass is 9.97. The molecule has 0 saturated carbocycles. The lowest BCUT2D eigenvalue weighted by Crippen LogP contribution is -2.44. The lowest BCUT2D eigenvalue weighted by molar-refractivity contribution is -0.143. The van der Waals surface area contributed by atoms with Gasteiger partial charge in [-0.05, 0) is 84.1 Å². The van der Waals surface area contributed by atoms with Crippen molar-refractivity contribution in [3.8, 4) is 22.9 Å². The van der Waals surface area contributed by atoms with E-state index in [1.165, 1.54) is 4.90 Å². The number of aromatic nitrogens is 3. The molecule has 1 aliphatic heterocycles. The van der Waals surface area contributed by atoms with Crippen LogP contribution in [0.15, 0.2) is 44.4 Å². The quantitative estimate of drug-likeness (QED) is 0.458. The third-order valence-corrected chi connectivity index (χ3v) is 6.81. The van der Waals surface area contributed by atoms with E-state index >= 15 is 0 Å². The number of nitrogens with zero attached hydrogens (tertiary/aromatic N) is 3. The van der Waals surface area contributed by atoms with Crippen LogP contribution in [0.4, 0.5) is 0 Å². The van der Waals surface area contributed by atoms with Crippen molar-refractivity contribution < 1.29 is 24.2 Å². The van der Waals surface area contributed by atoms with Gasteiger partial charge in [-0.25, -0.2) is 4.79 Å². The summed E-state index contributed by atoms with van der Waals surface area (Å²) < 4.78 is 13.0. The van der Waals surface area contributed by atoms with E-state index in [1.807, 2.05) is 0 Å². The highest BCUT2D eigenvalue weighted by atomic mass is 79.9. The first-order valence-corrected chi connectivity index (χ1v) is 12.3. The van der Waals surface area contributed by atoms with Crippen molar-refractivity contribution in [2.75, 3.05) is 20.2 Å². The molecular weight excluding hydrogens is 548 g/mol. The molecular formula is C25H25BrN4O7. The number of methoxy groups -OCH3 is 1. The minimum atomic E-state index is -0.908. The topological polar surface area (TPSA) is 144 Å². The highest BCUT2D eigenvalue weighted by molar-refractivity contribution is 9.10. The number of aromatic amines is 1. The monoisotopic (exact) mass is 572 g/mol. The molecule has 194 valence electrons. The van der Waals surface area contributed by atoms with Gasteiger partial charge >= 0.3 is 11.7 Å². The molecule has 1 saturated heterocycles. The molecule has 1 amide bonds. The fourth-order valence-corrected chi connectivity index (χ4v) is 4.75. The summed E-state index contributed by atoms with van der Waals surface area (Å²) >= 11 is 3.43. The zero-order valence-electron chi connectivity index (χ0n) is 20.4. The lowest BCUT2D eigenvalue weighted by Gasteiger charge is -2.29. The first-order valence-electron chi connectivity index (χ1n) is 11.5. The Morgan fingerprint density at radius 2 is 1.76 bits per heavy atom. The third-order valence-electron chi connectivity index (χ3n) is 6.19. The molecule has 37 heavy (non-hydrogen) atoms. The summed E-state index contributed by atoms with van der Waals surface area (Å²) in [5.41, 5.74) is -0.385. The van der Waals surface area contributed by atoms with Crippen LogP contribution in [0.3, 0.4) is 0 Å². The number of carboxylic acid groups (broad SMARTS) is 1. The number of H-pyrrole nitrogens is 1. The summed E-state index contributed by atoms with van der Waals surface area (Å²) in [5.74, 6) is -0.278. The van der Waals surface area contributed by atoms with Gasteiger partial charge in [-0.1, -0.05) is 0 Å². The van der Waals surface area contributed by atoms with E-state index in [-0.39, 0.29) is 25.9 Å². The van der Waals surface area contributed by atoms with E-state index in [0.717, 1.165) is 9.15 Å². The Kier molecular flexibility index (Phi) is 7.48. The third kappa shape index (κ3) is 5.43. The Hall–Kier alpha value is -3.93. The Bertz CT molecular complexity index is 1470. The zero-order valence-corrected chi connectivity index (χ0v) is 22.0. The predicted octanol–water partition coefficient (Wildman–Crippen LogP) is 3.04. The molecule has 2 heterocycles. The van der Waals surface area contributed by atoms with E-state index in [9.17, 15) is 24.3 Å². The van der Waals surface area contributed by atoms with Gasteiger partial charge in [0.15, 0.2) is 0 Å². The molecule has 1 fully saturated rings. The van der Waals surface area contributed by atoms with Gasteiger partial charge in [-0.3, -0.25) is 19.4 Å². The number of hydrogen-bond donors (Lipinski definition) is 2. The molecule has 0 unspecified atom stereocenters. The van der Waals surface area contributed by atoms with Crippen molar-refractivity contribution in [3.63, 3.8) is 0 Å². The molecule has 12 heteroatoms. The van der Waals surface area contributed by atoms with Crippen LogP contribution < -0.4 is 20.7 Å². The summed E-state index contributed by atoms with van der Waals surface area (Å²) in [4.78, 5) is 52.8. The SMILES string of the molecule is COc1ccc(Oc2c(C)cc(-n3nc(C(=O)N4CCC(C(=O)O)CC4)c(=O)[nH]c3=O)cc2C)cc1Br. The van der Waals surface area contributed by atoms with Gasteiger partial charge in [0.1, 0.15) is 17.2 Å². The summed E-state index contributed by atoms with van der Waals surface area (Å²) in [6.07, 6.45) is 0.562. The molecule has 11 nitrogen and oxygen atoms in total. The van der Waals surface area contributed by atoms with Crippen molar-refractivity contribution in [3.05, 3.63) is 72.5 Å². The van der Waals surface area contributed by atoms with Crippen LogP contribution in [0, 0.1) is 19.8 Å². The largest absolute Gasteiger partial charge is 0.496 e. The number of amides is 1. The molecule has 2 aromatic carbocycles. The smallest absolute Gasteiger partial charge is 0.349 e. The summed E-state index contributed by atoms with van der Waals surface area (Å²) in [6.45, 7) is 3.98. The van der Waals surface area contributed by atoms with E-state index in [4.69, 9.17) is 9.47 Å². The Labute approximate surface area is 219 Å². The zero-order chi connectivity index (χ0) is 26.9. The Morgan fingerprint density at radius 3 is 2.32 bits per heavy atom. The molecule has 0 atom stereocenters. The van der Waals surface area contributed by atoms with Gasteiger partial charge in [-0.2, -0.15) is 9.78 Å². The van der Waals surface area contributed by atoms with Crippen LogP contribution in [0.25, 0.3) is 5.69 Å². The number of carbonyl (C=O) groups excluding carboxylic acids is 1. The van der Waals surface area contributed by atoms with Crippen molar-refractivity contribution in [1.29, 1.82) is 0 Å². The van der Waals surface area contributed by atoms with E-state index in [0.29, 0.717) is 34.1 Å². The number of nitrogens with one attached hydrogen (secondary N) is 1. The standard InChI is InChI=1S/C25H25BrN4O7/c1-13-10-16(11-14(2)21(13)37-17-4-5-19(36-3)18(26)12-17)30-25(35)27-22(31)20(28-30)23(32)29-8-6-15(7-9-29)24(33)34/h4-5,10-12,15H,6-9H2,1-3H3,(H,33,34)(H,27,31,35). The minimum absolute atomic E-state index is 0.182. The van der Waals surface area contributed by atoms with Gasteiger partial charge in [0.25, 0.3) is 11.5 Å². The molecule has 4 rings (SSSR count). The number of rotatable bonds is 6. The van der Waals surface area contributed by atoms with Crippen molar-refractivity contribution in [2.24, 2.45) is 5.92 Å². The number of aryl methyl sites for hydroxylation is 2.